The molecule has 4 rings (SSSR count). The standard InChI is InChI=1S/C19H15NO/c20-15-9-10-19-17(12-15)16-11-14(7-4-8-18(16)21-19)13-5-2-1-3-6-13/h1-10,12H,11,20H2. The normalized spacial score (nSPS) is 13.8. The zero-order valence-corrected chi connectivity index (χ0v) is 11.5. The first-order valence-electron chi connectivity index (χ1n) is 7.05. The summed E-state index contributed by atoms with van der Waals surface area (Å²) in [6, 6.07) is 16.3. The van der Waals surface area contributed by atoms with E-state index in [1.54, 1.807) is 0 Å². The van der Waals surface area contributed by atoms with Gasteiger partial charge in [0.15, 0.2) is 0 Å². The summed E-state index contributed by atoms with van der Waals surface area (Å²) in [6.45, 7) is 0. The average molecular weight is 273 g/mol. The summed E-state index contributed by atoms with van der Waals surface area (Å²) in [5, 5.41) is 1.11. The third-order valence-electron chi connectivity index (χ3n) is 3.90. The van der Waals surface area contributed by atoms with Crippen molar-refractivity contribution in [2.75, 3.05) is 5.73 Å². The number of benzene rings is 2. The molecule has 21 heavy (non-hydrogen) atoms. The first-order valence-corrected chi connectivity index (χ1v) is 7.05. The van der Waals surface area contributed by atoms with Gasteiger partial charge in [0.25, 0.3) is 0 Å². The molecule has 0 atom stereocenters. The molecule has 0 bridgehead atoms. The second kappa shape index (κ2) is 4.67. The highest BCUT2D eigenvalue weighted by Crippen LogP contribution is 2.34. The monoisotopic (exact) mass is 273 g/mol. The molecule has 1 aromatic heterocycles. The number of furan rings is 1. The number of nitrogen functional groups attached to an aromatic ring is 1. The minimum atomic E-state index is 0.768. The molecule has 0 saturated heterocycles. The molecule has 0 amide bonds. The molecule has 2 aromatic carbocycles. The van der Waals surface area contributed by atoms with Crippen LogP contribution < -0.4 is 5.73 Å². The van der Waals surface area contributed by atoms with E-state index < -0.39 is 0 Å². The number of rotatable bonds is 1. The van der Waals surface area contributed by atoms with Crippen LogP contribution in [0.1, 0.15) is 16.9 Å². The maximum atomic E-state index is 5.93. The predicted octanol–water partition coefficient (Wildman–Crippen LogP) is 4.67. The van der Waals surface area contributed by atoms with Crippen LogP contribution in [0, 0.1) is 0 Å². The Morgan fingerprint density at radius 2 is 1.86 bits per heavy atom. The molecule has 2 N–H and O–H groups in total. The Balaban J connectivity index is 1.87. The fourth-order valence-electron chi connectivity index (χ4n) is 2.85. The van der Waals surface area contributed by atoms with Crippen molar-refractivity contribution in [2.45, 2.75) is 6.42 Å². The number of fused-ring (bicyclic) bond motifs is 3. The van der Waals surface area contributed by atoms with Crippen LogP contribution in [0.4, 0.5) is 5.69 Å². The van der Waals surface area contributed by atoms with Gasteiger partial charge in [-0.2, -0.15) is 0 Å². The topological polar surface area (TPSA) is 39.2 Å². The van der Waals surface area contributed by atoms with E-state index in [9.17, 15) is 0 Å². The quantitative estimate of drug-likeness (QED) is 0.654. The van der Waals surface area contributed by atoms with E-state index in [1.165, 1.54) is 16.7 Å². The molecule has 1 aliphatic carbocycles. The number of allylic oxidation sites excluding steroid dienone is 3. The van der Waals surface area contributed by atoms with E-state index in [1.807, 2.05) is 30.3 Å². The Morgan fingerprint density at radius 1 is 1.00 bits per heavy atom. The van der Waals surface area contributed by atoms with Crippen molar-refractivity contribution in [3.63, 3.8) is 0 Å². The van der Waals surface area contributed by atoms with Gasteiger partial charge in [-0.1, -0.05) is 42.5 Å². The third-order valence-corrected chi connectivity index (χ3v) is 3.90. The lowest BCUT2D eigenvalue weighted by molar-refractivity contribution is 0.600. The maximum absolute atomic E-state index is 5.93. The van der Waals surface area contributed by atoms with Gasteiger partial charge >= 0.3 is 0 Å². The van der Waals surface area contributed by atoms with Gasteiger partial charge in [0.2, 0.25) is 0 Å². The molecule has 102 valence electrons. The molecule has 0 spiro atoms. The number of hydrogen-bond donors (Lipinski definition) is 1. The van der Waals surface area contributed by atoms with Gasteiger partial charge in [0, 0.05) is 23.1 Å². The minimum Gasteiger partial charge on any atom is -0.456 e. The summed E-state index contributed by atoms with van der Waals surface area (Å²) < 4.78 is 5.93. The Bertz CT molecular complexity index is 869. The van der Waals surface area contributed by atoms with Gasteiger partial charge in [-0.05, 0) is 35.4 Å². The van der Waals surface area contributed by atoms with Crippen LogP contribution in [-0.4, -0.2) is 0 Å². The van der Waals surface area contributed by atoms with Gasteiger partial charge in [-0.15, -0.1) is 0 Å². The lowest BCUT2D eigenvalue weighted by Gasteiger charge is -2.06. The Kier molecular flexibility index (Phi) is 2.68. The molecule has 0 radical (unpaired) electrons. The van der Waals surface area contributed by atoms with Crippen molar-refractivity contribution in [2.24, 2.45) is 0 Å². The molecule has 0 fully saturated rings. The average Bonchev–Trinajstić information content (AvgIpc) is 2.71. The van der Waals surface area contributed by atoms with Crippen LogP contribution in [0.15, 0.2) is 65.1 Å². The summed E-state index contributed by atoms with van der Waals surface area (Å²) >= 11 is 0. The smallest absolute Gasteiger partial charge is 0.135 e. The van der Waals surface area contributed by atoms with Crippen LogP contribution in [0.5, 0.6) is 0 Å². The molecular weight excluding hydrogens is 258 g/mol. The molecule has 1 aliphatic rings. The fraction of sp³-hybridized carbons (Fsp3) is 0.0526. The van der Waals surface area contributed by atoms with E-state index >= 15 is 0 Å². The molecule has 1 heterocycles. The molecule has 2 heteroatoms. The van der Waals surface area contributed by atoms with Crippen molar-refractivity contribution in [1.29, 1.82) is 0 Å². The second-order valence-electron chi connectivity index (χ2n) is 5.29. The molecule has 0 unspecified atom stereocenters. The van der Waals surface area contributed by atoms with E-state index in [2.05, 4.69) is 36.4 Å². The first-order chi connectivity index (χ1) is 10.3. The van der Waals surface area contributed by atoms with Gasteiger partial charge in [-0.25, -0.2) is 0 Å². The Morgan fingerprint density at radius 3 is 2.71 bits per heavy atom. The largest absolute Gasteiger partial charge is 0.456 e. The van der Waals surface area contributed by atoms with Crippen LogP contribution in [-0.2, 0) is 6.42 Å². The highest BCUT2D eigenvalue weighted by Gasteiger charge is 2.16. The zero-order chi connectivity index (χ0) is 14.2. The molecule has 2 nitrogen and oxygen atoms in total. The summed E-state index contributed by atoms with van der Waals surface area (Å²) in [5.74, 6) is 0.929. The molecular formula is C19H15NO. The maximum Gasteiger partial charge on any atom is 0.135 e. The highest BCUT2D eigenvalue weighted by molar-refractivity contribution is 5.90. The van der Waals surface area contributed by atoms with E-state index in [-0.39, 0.29) is 0 Å². The van der Waals surface area contributed by atoms with Crippen molar-refractivity contribution in [3.05, 3.63) is 77.6 Å². The lowest BCUT2D eigenvalue weighted by Crippen LogP contribution is -1.91. The molecule has 0 aliphatic heterocycles. The van der Waals surface area contributed by atoms with E-state index in [0.717, 1.165) is 28.8 Å². The summed E-state index contributed by atoms with van der Waals surface area (Å²) in [6.07, 6.45) is 7.09. The van der Waals surface area contributed by atoms with Crippen LogP contribution in [0.25, 0.3) is 22.6 Å². The Labute approximate surface area is 123 Å². The third kappa shape index (κ3) is 2.05. The van der Waals surface area contributed by atoms with Crippen molar-refractivity contribution < 1.29 is 4.42 Å². The minimum absolute atomic E-state index is 0.768. The second-order valence-corrected chi connectivity index (χ2v) is 5.29. The fourth-order valence-corrected chi connectivity index (χ4v) is 2.85. The van der Waals surface area contributed by atoms with Gasteiger partial charge < -0.3 is 10.2 Å². The summed E-state index contributed by atoms with van der Waals surface area (Å²) in [7, 11) is 0. The van der Waals surface area contributed by atoms with Crippen LogP contribution in [0.2, 0.25) is 0 Å². The SMILES string of the molecule is Nc1ccc2oc3c(c2c1)CC(c1ccccc1)=CC=C3. The summed E-state index contributed by atoms with van der Waals surface area (Å²) in [4.78, 5) is 0. The summed E-state index contributed by atoms with van der Waals surface area (Å²) in [5.41, 5.74) is 11.3. The lowest BCUT2D eigenvalue weighted by atomic mass is 9.97. The van der Waals surface area contributed by atoms with Crippen molar-refractivity contribution in [3.8, 4) is 0 Å². The Hall–Kier alpha value is -2.74. The predicted molar refractivity (Wildman–Crippen MR) is 87.8 cm³/mol. The van der Waals surface area contributed by atoms with Crippen molar-refractivity contribution >= 4 is 28.3 Å². The first kappa shape index (κ1) is 12.0. The number of anilines is 1. The highest BCUT2D eigenvalue weighted by atomic mass is 16.3. The van der Waals surface area contributed by atoms with E-state index in [4.69, 9.17) is 10.2 Å². The molecule has 3 aromatic rings. The van der Waals surface area contributed by atoms with Gasteiger partial charge in [-0.3, -0.25) is 0 Å². The van der Waals surface area contributed by atoms with Crippen LogP contribution >= 0.6 is 0 Å². The zero-order valence-electron chi connectivity index (χ0n) is 11.5. The van der Waals surface area contributed by atoms with Gasteiger partial charge in [0.05, 0.1) is 0 Å². The van der Waals surface area contributed by atoms with Crippen molar-refractivity contribution in [1.82, 2.24) is 0 Å². The van der Waals surface area contributed by atoms with Gasteiger partial charge in [0.1, 0.15) is 11.3 Å². The number of nitrogens with two attached hydrogens (primary N) is 1. The van der Waals surface area contributed by atoms with Crippen LogP contribution in [0.3, 0.4) is 0 Å². The molecule has 0 saturated carbocycles. The number of hydrogen-bond acceptors (Lipinski definition) is 2. The van der Waals surface area contributed by atoms with E-state index in [0.29, 0.717) is 0 Å².